The first-order valence-corrected chi connectivity index (χ1v) is 8.64. The van der Waals surface area contributed by atoms with E-state index in [0.29, 0.717) is 12.6 Å². The van der Waals surface area contributed by atoms with Crippen molar-refractivity contribution in [2.45, 2.75) is 44.8 Å². The molecule has 3 aromatic rings. The van der Waals surface area contributed by atoms with Crippen molar-refractivity contribution in [1.29, 1.82) is 0 Å². The van der Waals surface area contributed by atoms with Crippen LogP contribution in [-0.2, 0) is 13.0 Å². The van der Waals surface area contributed by atoms with Gasteiger partial charge in [-0.15, -0.1) is 0 Å². The molecule has 25 heavy (non-hydrogen) atoms. The van der Waals surface area contributed by atoms with E-state index >= 15 is 0 Å². The zero-order chi connectivity index (χ0) is 17.1. The lowest BCUT2D eigenvalue weighted by Crippen LogP contribution is -2.38. The number of hydrogen-bond donors (Lipinski definition) is 0. The molecule has 2 aliphatic heterocycles. The van der Waals surface area contributed by atoms with E-state index in [4.69, 9.17) is 0 Å². The maximum atomic E-state index is 13.5. The predicted molar refractivity (Wildman–Crippen MR) is 89.1 cm³/mol. The molecule has 0 radical (unpaired) electrons. The number of aryl methyl sites for hydroxylation is 1. The number of benzene rings is 1. The number of halogens is 2. The lowest BCUT2D eigenvalue weighted by molar-refractivity contribution is 0.165. The van der Waals surface area contributed by atoms with Crippen molar-refractivity contribution in [2.75, 3.05) is 0 Å². The fourth-order valence-corrected chi connectivity index (χ4v) is 4.39. The molecular weight excluding hydrogens is 322 g/mol. The van der Waals surface area contributed by atoms with Crippen LogP contribution in [0.2, 0.25) is 0 Å². The van der Waals surface area contributed by atoms with E-state index in [2.05, 4.69) is 15.0 Å². The van der Waals surface area contributed by atoms with Gasteiger partial charge in [0, 0.05) is 42.9 Å². The summed E-state index contributed by atoms with van der Waals surface area (Å²) in [7, 11) is 0. The molecule has 1 aromatic carbocycles. The lowest BCUT2D eigenvalue weighted by atomic mass is 9.98. The summed E-state index contributed by atoms with van der Waals surface area (Å²) >= 11 is 0. The van der Waals surface area contributed by atoms with Gasteiger partial charge in [0.15, 0.2) is 17.3 Å². The first kappa shape index (κ1) is 15.0. The Morgan fingerprint density at radius 1 is 1.16 bits per heavy atom. The Bertz CT molecular complexity index is 981. The van der Waals surface area contributed by atoms with Crippen molar-refractivity contribution in [2.24, 2.45) is 0 Å². The highest BCUT2D eigenvalue weighted by Crippen LogP contribution is 2.44. The summed E-state index contributed by atoms with van der Waals surface area (Å²) in [5, 5.41) is 4.60. The SMILES string of the molecule is Cc1cc2ncc3c(n2n1)C[C@H]1CC[C@@H]3N1Cc1ccc(F)c(F)c1. The molecule has 4 heterocycles. The molecule has 1 saturated heterocycles. The third kappa shape index (κ3) is 2.28. The van der Waals surface area contributed by atoms with Crippen LogP contribution in [0.25, 0.3) is 5.65 Å². The smallest absolute Gasteiger partial charge is 0.159 e. The zero-order valence-corrected chi connectivity index (χ0v) is 13.9. The van der Waals surface area contributed by atoms with Crippen LogP contribution in [0.15, 0.2) is 30.5 Å². The normalized spacial score (nSPS) is 22.5. The van der Waals surface area contributed by atoms with Gasteiger partial charge in [0.25, 0.3) is 0 Å². The van der Waals surface area contributed by atoms with E-state index < -0.39 is 11.6 Å². The van der Waals surface area contributed by atoms with Crippen molar-refractivity contribution in [3.8, 4) is 0 Å². The average Bonchev–Trinajstić information content (AvgIpc) is 3.09. The second-order valence-corrected chi connectivity index (χ2v) is 7.09. The molecule has 1 fully saturated rings. The summed E-state index contributed by atoms with van der Waals surface area (Å²) in [6.07, 6.45) is 5.05. The lowest BCUT2D eigenvalue weighted by Gasteiger charge is -2.36. The number of aromatic nitrogens is 3. The summed E-state index contributed by atoms with van der Waals surface area (Å²) in [5.74, 6) is -1.57. The number of nitrogens with zero attached hydrogens (tertiary/aromatic N) is 4. The average molecular weight is 340 g/mol. The van der Waals surface area contributed by atoms with Gasteiger partial charge in [0.05, 0.1) is 11.4 Å². The second kappa shape index (κ2) is 5.33. The van der Waals surface area contributed by atoms with Gasteiger partial charge in [0.2, 0.25) is 0 Å². The first-order valence-electron chi connectivity index (χ1n) is 8.64. The molecule has 0 saturated carbocycles. The fourth-order valence-electron chi connectivity index (χ4n) is 4.39. The molecule has 2 aliphatic rings. The topological polar surface area (TPSA) is 33.4 Å². The third-order valence-electron chi connectivity index (χ3n) is 5.52. The van der Waals surface area contributed by atoms with Crippen molar-refractivity contribution in [3.05, 3.63) is 64.6 Å². The molecule has 5 rings (SSSR count). The van der Waals surface area contributed by atoms with Crippen LogP contribution in [0.3, 0.4) is 0 Å². The summed E-state index contributed by atoms with van der Waals surface area (Å²) in [6, 6.07) is 6.86. The molecule has 6 heteroatoms. The quantitative estimate of drug-likeness (QED) is 0.715. The van der Waals surface area contributed by atoms with E-state index in [1.165, 1.54) is 23.4 Å². The molecule has 2 bridgehead atoms. The molecule has 4 nitrogen and oxygen atoms in total. The van der Waals surface area contributed by atoms with Crippen LogP contribution >= 0.6 is 0 Å². The molecule has 0 unspecified atom stereocenters. The Morgan fingerprint density at radius 3 is 2.88 bits per heavy atom. The van der Waals surface area contributed by atoms with Gasteiger partial charge in [-0.1, -0.05) is 6.07 Å². The monoisotopic (exact) mass is 340 g/mol. The van der Waals surface area contributed by atoms with Gasteiger partial charge >= 0.3 is 0 Å². The van der Waals surface area contributed by atoms with Gasteiger partial charge in [-0.3, -0.25) is 4.90 Å². The van der Waals surface area contributed by atoms with Gasteiger partial charge < -0.3 is 0 Å². The van der Waals surface area contributed by atoms with Gasteiger partial charge in [0.1, 0.15) is 0 Å². The molecule has 0 N–H and O–H groups in total. The molecule has 128 valence electrons. The Hall–Kier alpha value is -2.34. The van der Waals surface area contributed by atoms with Crippen molar-refractivity contribution < 1.29 is 8.78 Å². The number of fused-ring (bicyclic) bond motifs is 6. The molecule has 0 spiro atoms. The highest BCUT2D eigenvalue weighted by atomic mass is 19.2. The maximum Gasteiger partial charge on any atom is 0.159 e. The third-order valence-corrected chi connectivity index (χ3v) is 5.52. The van der Waals surface area contributed by atoms with Crippen LogP contribution in [0, 0.1) is 18.6 Å². The van der Waals surface area contributed by atoms with Crippen molar-refractivity contribution >= 4 is 5.65 Å². The first-order chi connectivity index (χ1) is 12.1. The van der Waals surface area contributed by atoms with E-state index in [1.54, 1.807) is 6.07 Å². The van der Waals surface area contributed by atoms with E-state index in [0.717, 1.165) is 36.2 Å². The standard InChI is InChI=1S/C19H18F2N4/c1-11-6-19-22-9-14-17-5-3-13(8-18(14)25(19)23-11)24(17)10-12-2-4-15(20)16(21)7-12/h2,4,6-7,9,13,17H,3,5,8,10H2,1H3/t13-,17+/m1/s1. The van der Waals surface area contributed by atoms with Crippen molar-refractivity contribution in [1.82, 2.24) is 19.5 Å². The van der Waals surface area contributed by atoms with E-state index in [1.807, 2.05) is 23.7 Å². The Kier molecular flexibility index (Phi) is 3.19. The Labute approximate surface area is 144 Å². The van der Waals surface area contributed by atoms with Crippen LogP contribution in [0.4, 0.5) is 8.78 Å². The molecule has 0 amide bonds. The highest BCUT2D eigenvalue weighted by molar-refractivity contribution is 5.44. The minimum absolute atomic E-state index is 0.267. The summed E-state index contributed by atoms with van der Waals surface area (Å²) in [6.45, 7) is 2.61. The Balaban J connectivity index is 1.52. The summed E-state index contributed by atoms with van der Waals surface area (Å²) in [4.78, 5) is 6.97. The molecule has 2 aromatic heterocycles. The maximum absolute atomic E-state index is 13.5. The van der Waals surface area contributed by atoms with E-state index in [-0.39, 0.29) is 6.04 Å². The van der Waals surface area contributed by atoms with Crippen LogP contribution in [0.1, 0.15) is 41.4 Å². The summed E-state index contributed by atoms with van der Waals surface area (Å²) in [5.41, 5.74) is 5.13. The van der Waals surface area contributed by atoms with Crippen LogP contribution in [-0.4, -0.2) is 25.5 Å². The minimum Gasteiger partial charge on any atom is -0.289 e. The minimum atomic E-state index is -0.795. The number of hydrogen-bond acceptors (Lipinski definition) is 3. The van der Waals surface area contributed by atoms with Gasteiger partial charge in [-0.2, -0.15) is 5.10 Å². The zero-order valence-electron chi connectivity index (χ0n) is 13.9. The van der Waals surface area contributed by atoms with E-state index in [9.17, 15) is 8.78 Å². The second-order valence-electron chi connectivity index (χ2n) is 7.09. The van der Waals surface area contributed by atoms with Crippen LogP contribution in [0.5, 0.6) is 0 Å². The fraction of sp³-hybridized carbons (Fsp3) is 0.368. The molecular formula is C19H18F2N4. The highest BCUT2D eigenvalue weighted by Gasteiger charge is 2.41. The largest absolute Gasteiger partial charge is 0.289 e. The van der Waals surface area contributed by atoms with Crippen LogP contribution < -0.4 is 0 Å². The number of rotatable bonds is 2. The molecule has 0 aliphatic carbocycles. The molecule has 2 atom stereocenters. The summed E-state index contributed by atoms with van der Waals surface area (Å²) < 4.78 is 28.7. The Morgan fingerprint density at radius 2 is 2.04 bits per heavy atom. The van der Waals surface area contributed by atoms with Gasteiger partial charge in [-0.05, 0) is 37.5 Å². The van der Waals surface area contributed by atoms with Crippen molar-refractivity contribution in [3.63, 3.8) is 0 Å². The predicted octanol–water partition coefficient (Wildman–Crippen LogP) is 3.58. The van der Waals surface area contributed by atoms with Gasteiger partial charge in [-0.25, -0.2) is 18.3 Å².